The molecule has 11 heteroatoms. The Labute approximate surface area is 205 Å². The summed E-state index contributed by atoms with van der Waals surface area (Å²) in [4.78, 5) is 21.8. The van der Waals surface area contributed by atoms with E-state index in [2.05, 4.69) is 25.9 Å². The first-order valence-electron chi connectivity index (χ1n) is 10.7. The van der Waals surface area contributed by atoms with Crippen LogP contribution in [0.1, 0.15) is 10.4 Å². The number of rotatable bonds is 6. The average molecular weight is 498 g/mol. The number of thiophene rings is 1. The smallest absolute Gasteiger partial charge is 0.337 e. The Morgan fingerprint density at radius 3 is 2.76 bits per heavy atom. The summed E-state index contributed by atoms with van der Waals surface area (Å²) in [5.74, 6) is 0.139. The zero-order valence-electron chi connectivity index (χ0n) is 18.3. The van der Waals surface area contributed by atoms with Crippen LogP contribution in [0.2, 0.25) is 0 Å². The molecule has 176 valence electrons. The molecule has 34 heavy (non-hydrogen) atoms. The van der Waals surface area contributed by atoms with Gasteiger partial charge < -0.3 is 30.2 Å². The Kier molecular flexibility index (Phi) is 6.68. The van der Waals surface area contributed by atoms with Crippen LogP contribution in [0.4, 0.5) is 11.6 Å². The number of carbonyl (C=O) groups excluding carboxylic acids is 1. The molecular formula is C23H23N5O4S2. The van der Waals surface area contributed by atoms with Gasteiger partial charge in [-0.05, 0) is 47.9 Å². The Morgan fingerprint density at radius 2 is 1.97 bits per heavy atom. The lowest BCUT2D eigenvalue weighted by Crippen LogP contribution is -2.46. The molecule has 0 saturated carbocycles. The number of anilines is 2. The van der Waals surface area contributed by atoms with Crippen LogP contribution in [0.5, 0.6) is 0 Å². The van der Waals surface area contributed by atoms with Crippen molar-refractivity contribution in [1.82, 2.24) is 15.3 Å². The molecule has 9 nitrogen and oxygen atoms in total. The number of hydrogen-bond acceptors (Lipinski definition) is 9. The third-order valence-electron chi connectivity index (χ3n) is 5.66. The Bertz CT molecular complexity index is 1180. The zero-order chi connectivity index (χ0) is 23.5. The van der Waals surface area contributed by atoms with Crippen molar-refractivity contribution >= 4 is 46.3 Å². The predicted molar refractivity (Wildman–Crippen MR) is 133 cm³/mol. The SMILES string of the molecule is COC(=O)c1cccc(NC(=S)N[C@H]2CO[C@H]3[C@@H]2OC[C@@H]3Nc2nccc(-c3cccs3)n2)c1. The van der Waals surface area contributed by atoms with Crippen molar-refractivity contribution in [2.75, 3.05) is 31.0 Å². The first-order valence-corrected chi connectivity index (χ1v) is 12.0. The number of methoxy groups -OCH3 is 1. The van der Waals surface area contributed by atoms with E-state index in [1.54, 1.807) is 35.7 Å². The lowest BCUT2D eigenvalue weighted by molar-refractivity contribution is 0.0601. The molecule has 5 rings (SSSR count). The van der Waals surface area contributed by atoms with Gasteiger partial charge in [0.1, 0.15) is 12.2 Å². The Morgan fingerprint density at radius 1 is 1.15 bits per heavy atom. The number of thiocarbonyl (C=S) groups is 1. The van der Waals surface area contributed by atoms with Gasteiger partial charge in [0.15, 0.2) is 5.11 Å². The van der Waals surface area contributed by atoms with Crippen molar-refractivity contribution in [1.29, 1.82) is 0 Å². The standard InChI is InChI=1S/C23H23N5O4S2/c1-30-21(29)13-4-2-5-14(10-13)25-23(33)28-17-12-32-19-16(11-31-20(17)19)27-22-24-8-7-15(26-22)18-6-3-9-34-18/h2-10,16-17,19-20H,11-12H2,1H3,(H,24,26,27)(H2,25,28,33)/t16-,17-,19+,20+/m0/s1. The molecule has 2 aromatic heterocycles. The highest BCUT2D eigenvalue weighted by Crippen LogP contribution is 2.29. The third kappa shape index (κ3) is 4.87. The fraction of sp³-hybridized carbons (Fsp3) is 0.304. The molecule has 0 bridgehead atoms. The maximum Gasteiger partial charge on any atom is 0.337 e. The molecule has 0 unspecified atom stereocenters. The molecule has 3 N–H and O–H groups in total. The number of aromatic nitrogens is 2. The number of ether oxygens (including phenoxy) is 3. The summed E-state index contributed by atoms with van der Waals surface area (Å²) in [6.45, 7) is 0.926. The number of esters is 1. The van der Waals surface area contributed by atoms with Gasteiger partial charge in [-0.2, -0.15) is 0 Å². The van der Waals surface area contributed by atoms with Crippen LogP contribution in [0, 0.1) is 0 Å². The van der Waals surface area contributed by atoms with E-state index in [0.29, 0.717) is 35.5 Å². The summed E-state index contributed by atoms with van der Waals surface area (Å²) >= 11 is 7.11. The number of fused-ring (bicyclic) bond motifs is 1. The van der Waals surface area contributed by atoms with Gasteiger partial charge in [0.2, 0.25) is 5.95 Å². The first kappa shape index (κ1) is 22.7. The summed E-state index contributed by atoms with van der Waals surface area (Å²) in [5, 5.41) is 12.2. The average Bonchev–Trinajstić information content (AvgIpc) is 3.60. The van der Waals surface area contributed by atoms with E-state index in [9.17, 15) is 4.79 Å². The molecule has 4 heterocycles. The molecule has 2 aliphatic rings. The van der Waals surface area contributed by atoms with Crippen LogP contribution in [0.3, 0.4) is 0 Å². The van der Waals surface area contributed by atoms with Crippen molar-refractivity contribution in [2.24, 2.45) is 0 Å². The van der Waals surface area contributed by atoms with E-state index in [-0.39, 0.29) is 24.3 Å². The van der Waals surface area contributed by atoms with E-state index in [1.807, 2.05) is 29.6 Å². The maximum absolute atomic E-state index is 11.7. The molecule has 2 fully saturated rings. The molecule has 0 amide bonds. The van der Waals surface area contributed by atoms with Crippen molar-refractivity contribution in [3.63, 3.8) is 0 Å². The van der Waals surface area contributed by atoms with Gasteiger partial charge in [0.05, 0.1) is 48.5 Å². The van der Waals surface area contributed by atoms with E-state index >= 15 is 0 Å². The number of carbonyl (C=O) groups is 1. The van der Waals surface area contributed by atoms with Crippen LogP contribution >= 0.6 is 23.6 Å². The molecular weight excluding hydrogens is 474 g/mol. The van der Waals surface area contributed by atoms with Crippen LogP contribution < -0.4 is 16.0 Å². The zero-order valence-corrected chi connectivity index (χ0v) is 19.9. The summed E-state index contributed by atoms with van der Waals surface area (Å²) in [6.07, 6.45) is 1.42. The molecule has 0 radical (unpaired) electrons. The predicted octanol–water partition coefficient (Wildman–Crippen LogP) is 2.93. The fourth-order valence-corrected chi connectivity index (χ4v) is 5.04. The minimum atomic E-state index is -0.405. The van der Waals surface area contributed by atoms with Crippen molar-refractivity contribution in [2.45, 2.75) is 24.3 Å². The van der Waals surface area contributed by atoms with Crippen molar-refractivity contribution < 1.29 is 19.0 Å². The van der Waals surface area contributed by atoms with Crippen LogP contribution in [-0.4, -0.2) is 65.7 Å². The first-order chi connectivity index (χ1) is 16.6. The van der Waals surface area contributed by atoms with Gasteiger partial charge in [-0.1, -0.05) is 12.1 Å². The number of hydrogen-bond donors (Lipinski definition) is 3. The molecule has 3 aromatic rings. The Hall–Kier alpha value is -3.12. The number of nitrogens with zero attached hydrogens (tertiary/aromatic N) is 2. The topological polar surface area (TPSA) is 107 Å². The van der Waals surface area contributed by atoms with Gasteiger partial charge in [-0.3, -0.25) is 0 Å². The highest BCUT2D eigenvalue weighted by Gasteiger charge is 2.48. The van der Waals surface area contributed by atoms with Crippen molar-refractivity contribution in [3.05, 3.63) is 59.6 Å². The molecule has 0 spiro atoms. The van der Waals surface area contributed by atoms with E-state index in [0.717, 1.165) is 10.6 Å². The third-order valence-corrected chi connectivity index (χ3v) is 6.77. The van der Waals surface area contributed by atoms with Gasteiger partial charge >= 0.3 is 5.97 Å². The fourth-order valence-electron chi connectivity index (χ4n) is 4.08. The highest BCUT2D eigenvalue weighted by atomic mass is 32.1. The van der Waals surface area contributed by atoms with Crippen LogP contribution in [0.25, 0.3) is 10.6 Å². The number of nitrogens with one attached hydrogen (secondary N) is 3. The summed E-state index contributed by atoms with van der Waals surface area (Å²) < 4.78 is 16.8. The molecule has 1 aromatic carbocycles. The van der Waals surface area contributed by atoms with Crippen molar-refractivity contribution in [3.8, 4) is 10.6 Å². The normalized spacial score (nSPS) is 23.2. The van der Waals surface area contributed by atoms with E-state index in [1.165, 1.54) is 7.11 Å². The second kappa shape index (κ2) is 10.0. The molecule has 2 saturated heterocycles. The summed E-state index contributed by atoms with van der Waals surface area (Å²) in [5.41, 5.74) is 2.01. The van der Waals surface area contributed by atoms with Crippen LogP contribution in [0.15, 0.2) is 54.0 Å². The second-order valence-corrected chi connectivity index (χ2v) is 9.22. The molecule has 0 aliphatic carbocycles. The second-order valence-electron chi connectivity index (χ2n) is 7.87. The van der Waals surface area contributed by atoms with Gasteiger partial charge in [-0.15, -0.1) is 11.3 Å². The minimum absolute atomic E-state index is 0.0753. The lowest BCUT2D eigenvalue weighted by Gasteiger charge is -2.20. The van der Waals surface area contributed by atoms with Gasteiger partial charge in [0, 0.05) is 11.9 Å². The summed E-state index contributed by atoms with van der Waals surface area (Å²) in [7, 11) is 1.35. The Balaban J connectivity index is 1.18. The minimum Gasteiger partial charge on any atom is -0.465 e. The van der Waals surface area contributed by atoms with E-state index < -0.39 is 5.97 Å². The van der Waals surface area contributed by atoms with Crippen LogP contribution in [-0.2, 0) is 14.2 Å². The van der Waals surface area contributed by atoms with Gasteiger partial charge in [-0.25, -0.2) is 14.8 Å². The highest BCUT2D eigenvalue weighted by molar-refractivity contribution is 7.80. The molecule has 4 atom stereocenters. The van der Waals surface area contributed by atoms with Gasteiger partial charge in [0.25, 0.3) is 0 Å². The number of benzene rings is 1. The maximum atomic E-state index is 11.7. The largest absolute Gasteiger partial charge is 0.465 e. The van der Waals surface area contributed by atoms with E-state index in [4.69, 9.17) is 26.4 Å². The summed E-state index contributed by atoms with van der Waals surface area (Å²) in [6, 6.07) is 12.7. The lowest BCUT2D eigenvalue weighted by atomic mass is 10.1. The quantitative estimate of drug-likeness (QED) is 0.348. The molecule has 2 aliphatic heterocycles. The monoisotopic (exact) mass is 497 g/mol.